The molecule has 1 aliphatic carbocycles. The van der Waals surface area contributed by atoms with Gasteiger partial charge in [0.1, 0.15) is 0 Å². The van der Waals surface area contributed by atoms with Gasteiger partial charge >= 0.3 is 0 Å². The van der Waals surface area contributed by atoms with Gasteiger partial charge in [-0.1, -0.05) is 43.0 Å². The lowest BCUT2D eigenvalue weighted by atomic mass is 9.88. The summed E-state index contributed by atoms with van der Waals surface area (Å²) in [6, 6.07) is 13.1. The zero-order valence-corrected chi connectivity index (χ0v) is 18.4. The minimum Gasteiger partial charge on any atom is -0.326 e. The standard InChI is InChI=1S/C23H27ClN2O2S/c1-15-11-12-18(24)13-21(15)26-22(27)16(2)29-20-10-6-9-19(14-20)25-23(28)17-7-4-3-5-8-17/h6,9-14,16-17H,3-5,7-8H2,1-2H3,(H,25,28)(H,26,27). The summed E-state index contributed by atoms with van der Waals surface area (Å²) in [7, 11) is 0. The van der Waals surface area contributed by atoms with E-state index in [4.69, 9.17) is 11.6 Å². The second-order valence-corrected chi connectivity index (χ2v) is 9.41. The minimum atomic E-state index is -0.294. The molecule has 0 saturated heterocycles. The third kappa shape index (κ3) is 6.25. The van der Waals surface area contributed by atoms with E-state index in [1.54, 1.807) is 12.1 Å². The van der Waals surface area contributed by atoms with Crippen molar-refractivity contribution < 1.29 is 9.59 Å². The largest absolute Gasteiger partial charge is 0.326 e. The van der Waals surface area contributed by atoms with Crippen LogP contribution in [0.5, 0.6) is 0 Å². The molecule has 1 aliphatic rings. The van der Waals surface area contributed by atoms with Gasteiger partial charge < -0.3 is 10.6 Å². The van der Waals surface area contributed by atoms with Crippen molar-refractivity contribution in [2.45, 2.75) is 56.1 Å². The summed E-state index contributed by atoms with van der Waals surface area (Å²) >= 11 is 7.50. The Bertz CT molecular complexity index is 881. The molecule has 0 bridgehead atoms. The third-order valence-electron chi connectivity index (χ3n) is 5.22. The summed E-state index contributed by atoms with van der Waals surface area (Å²) in [5, 5.41) is 6.28. The highest BCUT2D eigenvalue weighted by Crippen LogP contribution is 2.29. The fourth-order valence-electron chi connectivity index (χ4n) is 3.48. The Balaban J connectivity index is 1.59. The Labute approximate surface area is 181 Å². The molecule has 2 N–H and O–H groups in total. The molecule has 29 heavy (non-hydrogen) atoms. The van der Waals surface area contributed by atoms with E-state index >= 15 is 0 Å². The molecule has 154 valence electrons. The predicted molar refractivity (Wildman–Crippen MR) is 122 cm³/mol. The number of hydrogen-bond acceptors (Lipinski definition) is 3. The number of carbonyl (C=O) groups is 2. The van der Waals surface area contributed by atoms with Crippen molar-refractivity contribution in [3.8, 4) is 0 Å². The molecule has 1 atom stereocenters. The summed E-state index contributed by atoms with van der Waals surface area (Å²) in [5.41, 5.74) is 2.47. The Hall–Kier alpha value is -1.98. The molecule has 0 heterocycles. The monoisotopic (exact) mass is 430 g/mol. The van der Waals surface area contributed by atoms with Crippen molar-refractivity contribution in [3.63, 3.8) is 0 Å². The molecule has 0 radical (unpaired) electrons. The first-order valence-corrected chi connectivity index (χ1v) is 11.3. The van der Waals surface area contributed by atoms with Crippen molar-refractivity contribution >= 4 is 46.6 Å². The lowest BCUT2D eigenvalue weighted by Gasteiger charge is -2.21. The molecular formula is C23H27ClN2O2S. The van der Waals surface area contributed by atoms with E-state index in [2.05, 4.69) is 10.6 Å². The zero-order valence-electron chi connectivity index (χ0n) is 16.8. The summed E-state index contributed by atoms with van der Waals surface area (Å²) in [6.07, 6.45) is 5.44. The van der Waals surface area contributed by atoms with Gasteiger partial charge in [0.2, 0.25) is 11.8 Å². The first-order valence-electron chi connectivity index (χ1n) is 10.1. The fraction of sp³-hybridized carbons (Fsp3) is 0.391. The first-order chi connectivity index (χ1) is 13.9. The van der Waals surface area contributed by atoms with E-state index in [1.807, 2.05) is 44.2 Å². The number of hydrogen-bond donors (Lipinski definition) is 2. The average molecular weight is 431 g/mol. The van der Waals surface area contributed by atoms with Crippen molar-refractivity contribution in [3.05, 3.63) is 53.1 Å². The number of aryl methyl sites for hydroxylation is 1. The SMILES string of the molecule is Cc1ccc(Cl)cc1NC(=O)C(C)Sc1cccc(NC(=O)C2CCCCC2)c1. The van der Waals surface area contributed by atoms with Crippen LogP contribution in [0.15, 0.2) is 47.4 Å². The number of thioether (sulfide) groups is 1. The van der Waals surface area contributed by atoms with Gasteiger partial charge in [-0.2, -0.15) is 0 Å². The molecule has 3 rings (SSSR count). The van der Waals surface area contributed by atoms with Crippen LogP contribution in [0.4, 0.5) is 11.4 Å². The highest BCUT2D eigenvalue weighted by molar-refractivity contribution is 8.00. The van der Waals surface area contributed by atoms with Crippen LogP contribution in [0.3, 0.4) is 0 Å². The highest BCUT2D eigenvalue weighted by Gasteiger charge is 2.21. The molecule has 2 amide bonds. The van der Waals surface area contributed by atoms with Crippen LogP contribution in [0.2, 0.25) is 5.02 Å². The maximum absolute atomic E-state index is 12.6. The smallest absolute Gasteiger partial charge is 0.237 e. The lowest BCUT2D eigenvalue weighted by Crippen LogP contribution is -2.24. The second-order valence-electron chi connectivity index (χ2n) is 7.56. The second kappa shape index (κ2) is 10.2. The number of rotatable bonds is 6. The van der Waals surface area contributed by atoms with Gasteiger partial charge in [0.05, 0.1) is 5.25 Å². The number of halogens is 1. The fourth-order valence-corrected chi connectivity index (χ4v) is 4.58. The van der Waals surface area contributed by atoms with Gasteiger partial charge in [0.15, 0.2) is 0 Å². The van der Waals surface area contributed by atoms with Gasteiger partial charge in [-0.25, -0.2) is 0 Å². The number of nitrogens with one attached hydrogen (secondary N) is 2. The maximum Gasteiger partial charge on any atom is 0.237 e. The van der Waals surface area contributed by atoms with Crippen LogP contribution in [0.1, 0.15) is 44.6 Å². The Morgan fingerprint density at radius 1 is 1.07 bits per heavy atom. The molecular weight excluding hydrogens is 404 g/mol. The summed E-state index contributed by atoms with van der Waals surface area (Å²) in [6.45, 7) is 3.80. The maximum atomic E-state index is 12.6. The molecule has 2 aromatic rings. The normalized spacial score (nSPS) is 15.6. The third-order valence-corrected chi connectivity index (χ3v) is 6.55. The van der Waals surface area contributed by atoms with Crippen LogP contribution in [-0.4, -0.2) is 17.1 Å². The van der Waals surface area contributed by atoms with Crippen LogP contribution < -0.4 is 10.6 Å². The average Bonchev–Trinajstić information content (AvgIpc) is 2.71. The predicted octanol–water partition coefficient (Wildman–Crippen LogP) is 6.29. The lowest BCUT2D eigenvalue weighted by molar-refractivity contribution is -0.120. The topological polar surface area (TPSA) is 58.2 Å². The van der Waals surface area contributed by atoms with E-state index in [9.17, 15) is 9.59 Å². The quantitative estimate of drug-likeness (QED) is 0.529. The van der Waals surface area contributed by atoms with Crippen LogP contribution in [-0.2, 0) is 9.59 Å². The molecule has 2 aromatic carbocycles. The molecule has 1 saturated carbocycles. The number of benzene rings is 2. The number of anilines is 2. The summed E-state index contributed by atoms with van der Waals surface area (Å²) < 4.78 is 0. The minimum absolute atomic E-state index is 0.0861. The molecule has 1 unspecified atom stereocenters. The van der Waals surface area contributed by atoms with Crippen molar-refractivity contribution in [2.75, 3.05) is 10.6 Å². The summed E-state index contributed by atoms with van der Waals surface area (Å²) in [4.78, 5) is 26.0. The molecule has 0 spiro atoms. The molecule has 6 heteroatoms. The van der Waals surface area contributed by atoms with Crippen molar-refractivity contribution in [2.24, 2.45) is 5.92 Å². The highest BCUT2D eigenvalue weighted by atomic mass is 35.5. The summed E-state index contributed by atoms with van der Waals surface area (Å²) in [5.74, 6) is 0.136. The Morgan fingerprint density at radius 3 is 2.59 bits per heavy atom. The molecule has 4 nitrogen and oxygen atoms in total. The van der Waals surface area contributed by atoms with Gasteiger partial charge in [0.25, 0.3) is 0 Å². The molecule has 1 fully saturated rings. The number of carbonyl (C=O) groups excluding carboxylic acids is 2. The van der Waals surface area contributed by atoms with E-state index in [1.165, 1.54) is 18.2 Å². The van der Waals surface area contributed by atoms with Gasteiger partial charge in [-0.3, -0.25) is 9.59 Å². The first kappa shape index (κ1) is 21.7. The van der Waals surface area contributed by atoms with Crippen molar-refractivity contribution in [1.82, 2.24) is 0 Å². The van der Waals surface area contributed by atoms with E-state index in [-0.39, 0.29) is 23.0 Å². The van der Waals surface area contributed by atoms with Crippen LogP contribution in [0.25, 0.3) is 0 Å². The van der Waals surface area contributed by atoms with Crippen molar-refractivity contribution in [1.29, 1.82) is 0 Å². The van der Waals surface area contributed by atoms with Gasteiger partial charge in [0, 0.05) is 27.2 Å². The van der Waals surface area contributed by atoms with Gasteiger partial charge in [-0.15, -0.1) is 11.8 Å². The molecule has 0 aromatic heterocycles. The van der Waals surface area contributed by atoms with Gasteiger partial charge in [-0.05, 0) is 62.6 Å². The Morgan fingerprint density at radius 2 is 1.83 bits per heavy atom. The molecule has 0 aliphatic heterocycles. The van der Waals surface area contributed by atoms with Crippen LogP contribution in [0, 0.1) is 12.8 Å². The van der Waals surface area contributed by atoms with E-state index < -0.39 is 0 Å². The van der Waals surface area contributed by atoms with E-state index in [0.717, 1.165) is 47.5 Å². The Kier molecular flexibility index (Phi) is 7.62. The number of amides is 2. The van der Waals surface area contributed by atoms with E-state index in [0.29, 0.717) is 5.02 Å². The zero-order chi connectivity index (χ0) is 20.8. The van der Waals surface area contributed by atoms with Crippen LogP contribution >= 0.6 is 23.4 Å².